The van der Waals surface area contributed by atoms with Crippen LogP contribution in [-0.2, 0) is 10.5 Å². The Labute approximate surface area is 166 Å². The second-order valence-corrected chi connectivity index (χ2v) is 7.73. The van der Waals surface area contributed by atoms with Crippen LogP contribution in [0.3, 0.4) is 0 Å². The van der Waals surface area contributed by atoms with Crippen LogP contribution in [0, 0.1) is 0 Å². The second-order valence-electron chi connectivity index (χ2n) is 5.72. The Morgan fingerprint density at radius 3 is 2.41 bits per heavy atom. The van der Waals surface area contributed by atoms with Crippen molar-refractivity contribution in [2.45, 2.75) is 15.8 Å². The molecule has 27 heavy (non-hydrogen) atoms. The molecule has 1 aromatic heterocycles. The molecule has 3 aromatic rings. The lowest BCUT2D eigenvalue weighted by Crippen LogP contribution is -2.28. The molecule has 0 fully saturated rings. The van der Waals surface area contributed by atoms with Gasteiger partial charge in [-0.05, 0) is 24.3 Å². The lowest BCUT2D eigenvalue weighted by Gasteiger charge is -2.16. The van der Waals surface area contributed by atoms with Gasteiger partial charge < -0.3 is 9.88 Å². The summed E-state index contributed by atoms with van der Waals surface area (Å²) >= 11 is 2.85. The number of aromatic nitrogens is 2. The minimum Gasteiger partial charge on any atom is -0.315 e. The van der Waals surface area contributed by atoms with Gasteiger partial charge in [-0.2, -0.15) is 0 Å². The number of nitrogens with zero attached hydrogens (tertiary/aromatic N) is 2. The van der Waals surface area contributed by atoms with Crippen molar-refractivity contribution in [2.75, 3.05) is 17.7 Å². The molecule has 0 saturated heterocycles. The zero-order valence-corrected chi connectivity index (χ0v) is 16.4. The van der Waals surface area contributed by atoms with Crippen molar-refractivity contribution in [3.8, 4) is 0 Å². The van der Waals surface area contributed by atoms with Crippen molar-refractivity contribution in [3.63, 3.8) is 0 Å². The predicted molar refractivity (Wildman–Crippen MR) is 111 cm³/mol. The summed E-state index contributed by atoms with van der Waals surface area (Å²) in [5.74, 6) is 0.737. The standard InChI is InChI=1S/C20H19N3O2S2/c1-23(16-8-4-2-5-9-16)19(25)14-27-20-21-15(12-18(24)22-20)13-26-17-10-6-3-7-11-17/h2-12H,13-14H2,1H3,(H,21,22,24). The molecule has 2 aromatic carbocycles. The Hall–Kier alpha value is -2.51. The molecule has 7 heteroatoms. The van der Waals surface area contributed by atoms with Crippen LogP contribution in [0.1, 0.15) is 5.69 Å². The second kappa shape index (κ2) is 9.43. The molecule has 0 radical (unpaired) electrons. The summed E-state index contributed by atoms with van der Waals surface area (Å²) in [6, 6.07) is 20.9. The van der Waals surface area contributed by atoms with E-state index >= 15 is 0 Å². The fourth-order valence-corrected chi connectivity index (χ4v) is 3.94. The molecule has 1 heterocycles. The molecule has 0 atom stereocenters. The molecule has 5 nitrogen and oxygen atoms in total. The zero-order chi connectivity index (χ0) is 19.1. The summed E-state index contributed by atoms with van der Waals surface area (Å²) in [6.07, 6.45) is 0. The van der Waals surface area contributed by atoms with E-state index < -0.39 is 0 Å². The topological polar surface area (TPSA) is 66.1 Å². The largest absolute Gasteiger partial charge is 0.315 e. The number of aromatic amines is 1. The van der Waals surface area contributed by atoms with E-state index in [4.69, 9.17) is 0 Å². The molecule has 0 aliphatic carbocycles. The molecule has 0 unspecified atom stereocenters. The molecule has 0 spiro atoms. The molecular weight excluding hydrogens is 378 g/mol. The highest BCUT2D eigenvalue weighted by atomic mass is 32.2. The zero-order valence-electron chi connectivity index (χ0n) is 14.8. The highest BCUT2D eigenvalue weighted by molar-refractivity contribution is 7.99. The number of hydrogen-bond donors (Lipinski definition) is 1. The summed E-state index contributed by atoms with van der Waals surface area (Å²) in [4.78, 5) is 34.2. The third-order valence-corrected chi connectivity index (χ3v) is 5.66. The minimum atomic E-state index is -0.208. The number of hydrogen-bond acceptors (Lipinski definition) is 5. The highest BCUT2D eigenvalue weighted by Crippen LogP contribution is 2.22. The van der Waals surface area contributed by atoms with E-state index in [9.17, 15) is 9.59 Å². The van der Waals surface area contributed by atoms with Gasteiger partial charge in [0.2, 0.25) is 5.91 Å². The SMILES string of the molecule is CN(C(=O)CSc1nc(CSc2ccccc2)cc(=O)[nH]1)c1ccccc1. The van der Waals surface area contributed by atoms with Crippen molar-refractivity contribution in [2.24, 2.45) is 0 Å². The lowest BCUT2D eigenvalue weighted by molar-refractivity contribution is -0.115. The molecule has 0 aliphatic heterocycles. The summed E-state index contributed by atoms with van der Waals surface area (Å²) in [7, 11) is 1.74. The summed E-state index contributed by atoms with van der Waals surface area (Å²) in [6.45, 7) is 0. The first-order valence-corrected chi connectivity index (χ1v) is 10.3. The summed E-state index contributed by atoms with van der Waals surface area (Å²) in [5, 5.41) is 0.459. The average Bonchev–Trinajstić information content (AvgIpc) is 2.71. The quantitative estimate of drug-likeness (QED) is 0.485. The average molecular weight is 398 g/mol. The summed E-state index contributed by atoms with van der Waals surface area (Å²) in [5.41, 5.74) is 1.32. The van der Waals surface area contributed by atoms with Crippen molar-refractivity contribution in [3.05, 3.63) is 82.8 Å². The van der Waals surface area contributed by atoms with E-state index in [0.29, 0.717) is 16.6 Å². The third kappa shape index (κ3) is 5.74. The Kier molecular flexibility index (Phi) is 6.73. The molecular formula is C20H19N3O2S2. The van der Waals surface area contributed by atoms with Crippen molar-refractivity contribution >= 4 is 35.1 Å². The third-order valence-electron chi connectivity index (χ3n) is 3.75. The van der Waals surface area contributed by atoms with E-state index in [0.717, 1.165) is 10.6 Å². The molecule has 1 N–H and O–H groups in total. The van der Waals surface area contributed by atoms with Gasteiger partial charge in [0.1, 0.15) is 0 Å². The van der Waals surface area contributed by atoms with Crippen molar-refractivity contribution in [1.29, 1.82) is 0 Å². The maximum Gasteiger partial charge on any atom is 0.251 e. The van der Waals surface area contributed by atoms with E-state index in [2.05, 4.69) is 9.97 Å². The maximum atomic E-state index is 12.4. The molecule has 0 saturated carbocycles. The normalized spacial score (nSPS) is 10.6. The van der Waals surface area contributed by atoms with Crippen LogP contribution < -0.4 is 10.5 Å². The van der Waals surface area contributed by atoms with Gasteiger partial charge in [0, 0.05) is 29.4 Å². The number of anilines is 1. The van der Waals surface area contributed by atoms with E-state index in [1.165, 1.54) is 17.8 Å². The molecule has 0 bridgehead atoms. The molecule has 0 aliphatic rings. The first-order valence-electron chi connectivity index (χ1n) is 8.34. The Bertz CT molecular complexity index is 946. The number of nitrogens with one attached hydrogen (secondary N) is 1. The fourth-order valence-electron chi connectivity index (χ4n) is 2.32. The van der Waals surface area contributed by atoms with Crippen LogP contribution in [0.15, 0.2) is 81.6 Å². The van der Waals surface area contributed by atoms with Gasteiger partial charge >= 0.3 is 0 Å². The Morgan fingerprint density at radius 1 is 1.04 bits per heavy atom. The van der Waals surface area contributed by atoms with Crippen LogP contribution >= 0.6 is 23.5 Å². The highest BCUT2D eigenvalue weighted by Gasteiger charge is 2.12. The smallest absolute Gasteiger partial charge is 0.251 e. The molecule has 1 amide bonds. The van der Waals surface area contributed by atoms with Gasteiger partial charge in [-0.3, -0.25) is 9.59 Å². The molecule has 138 valence electrons. The number of carbonyl (C=O) groups excluding carboxylic acids is 1. The molecule has 3 rings (SSSR count). The van der Waals surface area contributed by atoms with Crippen LogP contribution in [0.25, 0.3) is 0 Å². The summed E-state index contributed by atoms with van der Waals surface area (Å²) < 4.78 is 0. The van der Waals surface area contributed by atoms with Gasteiger partial charge in [-0.1, -0.05) is 48.2 Å². The number of benzene rings is 2. The number of amides is 1. The Morgan fingerprint density at radius 2 is 1.70 bits per heavy atom. The monoisotopic (exact) mass is 397 g/mol. The van der Waals surface area contributed by atoms with Crippen LogP contribution in [-0.4, -0.2) is 28.7 Å². The van der Waals surface area contributed by atoms with Gasteiger partial charge in [0.05, 0.1) is 11.4 Å². The fraction of sp³-hybridized carbons (Fsp3) is 0.150. The first kappa shape index (κ1) is 19.3. The van der Waals surface area contributed by atoms with Gasteiger partial charge in [0.25, 0.3) is 5.56 Å². The maximum absolute atomic E-state index is 12.4. The van der Waals surface area contributed by atoms with Crippen molar-refractivity contribution in [1.82, 2.24) is 9.97 Å². The van der Waals surface area contributed by atoms with Crippen LogP contribution in [0.4, 0.5) is 5.69 Å². The van der Waals surface area contributed by atoms with Crippen LogP contribution in [0.5, 0.6) is 0 Å². The minimum absolute atomic E-state index is 0.0575. The van der Waals surface area contributed by atoms with Gasteiger partial charge in [-0.15, -0.1) is 11.8 Å². The van der Waals surface area contributed by atoms with Gasteiger partial charge in [-0.25, -0.2) is 4.98 Å². The number of rotatable bonds is 7. The predicted octanol–water partition coefficient (Wildman–Crippen LogP) is 3.82. The van der Waals surface area contributed by atoms with E-state index in [1.807, 2.05) is 60.7 Å². The Balaban J connectivity index is 1.60. The van der Waals surface area contributed by atoms with E-state index in [1.54, 1.807) is 23.7 Å². The number of H-pyrrole nitrogens is 1. The van der Waals surface area contributed by atoms with Gasteiger partial charge in [0.15, 0.2) is 5.16 Å². The van der Waals surface area contributed by atoms with Crippen molar-refractivity contribution < 1.29 is 4.79 Å². The number of carbonyl (C=O) groups is 1. The number of thioether (sulfide) groups is 2. The van der Waals surface area contributed by atoms with E-state index in [-0.39, 0.29) is 17.2 Å². The van der Waals surface area contributed by atoms with Crippen LogP contribution in [0.2, 0.25) is 0 Å². The lowest BCUT2D eigenvalue weighted by atomic mass is 10.3. The number of para-hydroxylation sites is 1. The first-order chi connectivity index (χ1) is 13.1.